The molecule has 4 aromatic rings. The Kier molecular flexibility index (Phi) is 6.83. The number of carbonyl (C=O) groups is 1. The molecule has 0 bridgehead atoms. The lowest BCUT2D eigenvalue weighted by Gasteiger charge is -2.14. The number of fused-ring (bicyclic) bond motifs is 1. The number of nitrogens with zero attached hydrogens (tertiary/aromatic N) is 1. The summed E-state index contributed by atoms with van der Waals surface area (Å²) in [4.78, 5) is 29.1. The Morgan fingerprint density at radius 3 is 2.61 bits per heavy atom. The van der Waals surface area contributed by atoms with E-state index in [1.807, 2.05) is 26.8 Å². The molecule has 9 heteroatoms. The number of hydrogen-bond acceptors (Lipinski definition) is 6. The number of aryl methyl sites for hydroxylation is 1. The average molecular weight is 496 g/mol. The minimum atomic E-state index is -4.51. The maximum atomic E-state index is 13.1. The molecular weight excluding hydrogens is 473 g/mol. The number of carbonyl (C=O) groups excluding carboxylic acids is 1. The van der Waals surface area contributed by atoms with Gasteiger partial charge in [0.25, 0.3) is 0 Å². The van der Waals surface area contributed by atoms with E-state index in [-0.39, 0.29) is 29.6 Å². The molecule has 0 unspecified atom stereocenters. The van der Waals surface area contributed by atoms with Gasteiger partial charge in [0, 0.05) is 28.9 Å². The minimum Gasteiger partial charge on any atom is -0.457 e. The van der Waals surface area contributed by atoms with Gasteiger partial charge in [-0.2, -0.15) is 13.2 Å². The van der Waals surface area contributed by atoms with Crippen molar-refractivity contribution in [2.75, 3.05) is 5.32 Å². The van der Waals surface area contributed by atoms with Gasteiger partial charge in [-0.3, -0.25) is 0 Å². The molecule has 0 spiro atoms. The van der Waals surface area contributed by atoms with Crippen molar-refractivity contribution in [2.24, 2.45) is 0 Å². The van der Waals surface area contributed by atoms with Crippen LogP contribution in [0.2, 0.25) is 0 Å². The maximum absolute atomic E-state index is 13.1. The minimum absolute atomic E-state index is 0.0286. The van der Waals surface area contributed by atoms with Gasteiger partial charge in [0.1, 0.15) is 23.6 Å². The first-order valence-electron chi connectivity index (χ1n) is 11.2. The number of nitrogens with one attached hydrogen (secondary N) is 1. The second-order valence-electron chi connectivity index (χ2n) is 8.63. The van der Waals surface area contributed by atoms with Crippen LogP contribution in [-0.4, -0.2) is 11.0 Å². The van der Waals surface area contributed by atoms with Gasteiger partial charge in [-0.25, -0.2) is 14.6 Å². The number of rotatable bonds is 6. The van der Waals surface area contributed by atoms with Gasteiger partial charge < -0.3 is 14.5 Å². The number of anilines is 2. The summed E-state index contributed by atoms with van der Waals surface area (Å²) in [6.45, 7) is 5.82. The van der Waals surface area contributed by atoms with E-state index in [9.17, 15) is 22.8 Å². The van der Waals surface area contributed by atoms with Crippen LogP contribution in [0.3, 0.4) is 0 Å². The average Bonchev–Trinajstić information content (AvgIpc) is 2.81. The zero-order valence-electron chi connectivity index (χ0n) is 19.8. The van der Waals surface area contributed by atoms with Crippen LogP contribution >= 0.6 is 0 Å². The number of benzene rings is 2. The molecule has 1 N–H and O–H groups in total. The van der Waals surface area contributed by atoms with Crippen LogP contribution in [0.25, 0.3) is 11.0 Å². The summed E-state index contributed by atoms with van der Waals surface area (Å²) in [5, 5.41) is 3.41. The topological polar surface area (TPSA) is 81.4 Å². The molecule has 0 amide bonds. The van der Waals surface area contributed by atoms with E-state index in [0.29, 0.717) is 16.5 Å². The number of aromatic nitrogens is 1. The molecule has 0 radical (unpaired) electrons. The third-order valence-electron chi connectivity index (χ3n) is 5.68. The molecule has 2 aromatic carbocycles. The van der Waals surface area contributed by atoms with E-state index >= 15 is 0 Å². The van der Waals surface area contributed by atoms with Gasteiger partial charge in [-0.15, -0.1) is 0 Å². The Balaban J connectivity index is 1.60. The lowest BCUT2D eigenvalue weighted by molar-refractivity contribution is -0.137. The fraction of sp³-hybridized carbons (Fsp3) is 0.222. The van der Waals surface area contributed by atoms with Crippen LogP contribution in [0.15, 0.2) is 70.0 Å². The van der Waals surface area contributed by atoms with Crippen LogP contribution in [-0.2, 0) is 17.5 Å². The van der Waals surface area contributed by atoms with Crippen LogP contribution in [0.4, 0.5) is 24.7 Å². The van der Waals surface area contributed by atoms with Crippen LogP contribution in [0.1, 0.15) is 52.4 Å². The van der Waals surface area contributed by atoms with Crippen molar-refractivity contribution in [3.8, 4) is 0 Å². The third kappa shape index (κ3) is 5.40. The number of alkyl halides is 3. The molecule has 0 aliphatic heterocycles. The highest BCUT2D eigenvalue weighted by molar-refractivity contribution is 5.95. The number of pyridine rings is 1. The van der Waals surface area contributed by atoms with Crippen molar-refractivity contribution >= 4 is 28.4 Å². The maximum Gasteiger partial charge on any atom is 0.416 e. The summed E-state index contributed by atoms with van der Waals surface area (Å²) >= 11 is 0. The van der Waals surface area contributed by atoms with Crippen molar-refractivity contribution in [3.63, 3.8) is 0 Å². The molecule has 0 saturated heterocycles. The predicted molar refractivity (Wildman–Crippen MR) is 129 cm³/mol. The first kappa shape index (κ1) is 25.0. The van der Waals surface area contributed by atoms with Gasteiger partial charge in [-0.1, -0.05) is 19.9 Å². The Hall–Kier alpha value is -4.14. The van der Waals surface area contributed by atoms with Crippen LogP contribution < -0.4 is 10.9 Å². The highest BCUT2D eigenvalue weighted by Crippen LogP contribution is 2.32. The highest BCUT2D eigenvalue weighted by Gasteiger charge is 2.30. The van der Waals surface area contributed by atoms with Crippen molar-refractivity contribution in [2.45, 2.75) is 39.5 Å². The van der Waals surface area contributed by atoms with Crippen molar-refractivity contribution in [3.05, 3.63) is 99.0 Å². The van der Waals surface area contributed by atoms with Gasteiger partial charge in [0.05, 0.1) is 5.56 Å². The molecule has 0 aliphatic rings. The summed E-state index contributed by atoms with van der Waals surface area (Å²) in [5.74, 6) is -0.483. The molecule has 0 atom stereocenters. The van der Waals surface area contributed by atoms with E-state index in [0.717, 1.165) is 23.3 Å². The summed E-state index contributed by atoms with van der Waals surface area (Å²) in [5.41, 5.74) is 1.66. The van der Waals surface area contributed by atoms with Gasteiger partial charge in [0.15, 0.2) is 0 Å². The first-order valence-corrected chi connectivity index (χ1v) is 11.2. The van der Waals surface area contributed by atoms with E-state index in [1.165, 1.54) is 36.5 Å². The Morgan fingerprint density at radius 2 is 1.89 bits per heavy atom. The van der Waals surface area contributed by atoms with Gasteiger partial charge in [0.2, 0.25) is 0 Å². The normalized spacial score (nSPS) is 11.6. The molecule has 36 heavy (non-hydrogen) atoms. The number of ether oxygens (including phenoxy) is 1. The van der Waals surface area contributed by atoms with E-state index < -0.39 is 23.3 Å². The standard InChI is InChI=1S/C27H23F3N2O4/c1-15(2)21-13-22-17(11-24(33)36-23(22)10-16(21)3)14-35-26(34)20-8-5-9-31-25(20)32-19-7-4-6-18(12-19)27(28,29)30/h4-13,15H,14H2,1-3H3,(H,31,32). The summed E-state index contributed by atoms with van der Waals surface area (Å²) in [6.07, 6.45) is -3.11. The lowest BCUT2D eigenvalue weighted by atomic mass is 9.95. The number of halogens is 3. The van der Waals surface area contributed by atoms with E-state index in [1.54, 1.807) is 6.07 Å². The third-order valence-corrected chi connectivity index (χ3v) is 5.68. The molecule has 2 heterocycles. The molecule has 6 nitrogen and oxygen atoms in total. The summed E-state index contributed by atoms with van der Waals surface area (Å²) in [7, 11) is 0. The Bertz CT molecular complexity index is 1490. The van der Waals surface area contributed by atoms with E-state index in [4.69, 9.17) is 9.15 Å². The zero-order valence-corrected chi connectivity index (χ0v) is 19.8. The summed E-state index contributed by atoms with van der Waals surface area (Å²) in [6, 6.07) is 12.5. The predicted octanol–water partition coefficient (Wildman–Crippen LogP) is 6.74. The van der Waals surface area contributed by atoms with Gasteiger partial charge in [-0.05, 0) is 66.4 Å². The molecule has 186 valence electrons. The largest absolute Gasteiger partial charge is 0.457 e. The van der Waals surface area contributed by atoms with Crippen molar-refractivity contribution in [1.82, 2.24) is 4.98 Å². The van der Waals surface area contributed by atoms with Crippen LogP contribution in [0, 0.1) is 6.92 Å². The monoisotopic (exact) mass is 496 g/mol. The molecule has 2 aromatic heterocycles. The molecule has 0 fully saturated rings. The highest BCUT2D eigenvalue weighted by atomic mass is 19.4. The number of hydrogen-bond donors (Lipinski definition) is 1. The smallest absolute Gasteiger partial charge is 0.416 e. The number of esters is 1. The Labute approximate surface area is 204 Å². The molecular formula is C27H23F3N2O4. The zero-order chi connectivity index (χ0) is 26.0. The fourth-order valence-electron chi connectivity index (χ4n) is 3.93. The Morgan fingerprint density at radius 1 is 1.11 bits per heavy atom. The molecule has 0 saturated carbocycles. The quantitative estimate of drug-likeness (QED) is 0.235. The molecule has 4 rings (SSSR count). The van der Waals surface area contributed by atoms with Crippen LogP contribution in [0.5, 0.6) is 0 Å². The first-order chi connectivity index (χ1) is 17.0. The summed E-state index contributed by atoms with van der Waals surface area (Å²) < 4.78 is 50.0. The van der Waals surface area contributed by atoms with E-state index in [2.05, 4.69) is 10.3 Å². The second kappa shape index (κ2) is 9.85. The van der Waals surface area contributed by atoms with Gasteiger partial charge >= 0.3 is 17.8 Å². The lowest BCUT2D eigenvalue weighted by Crippen LogP contribution is -2.11. The second-order valence-corrected chi connectivity index (χ2v) is 8.63. The molecule has 0 aliphatic carbocycles. The van der Waals surface area contributed by atoms with Crippen molar-refractivity contribution in [1.29, 1.82) is 0 Å². The SMILES string of the molecule is Cc1cc2oc(=O)cc(COC(=O)c3cccnc3Nc3cccc(C(F)(F)F)c3)c2cc1C(C)C. The fourth-order valence-corrected chi connectivity index (χ4v) is 3.93. The van der Waals surface area contributed by atoms with Crippen molar-refractivity contribution < 1.29 is 27.1 Å².